The zero-order valence-corrected chi connectivity index (χ0v) is 13.5. The Morgan fingerprint density at radius 3 is 2.58 bits per heavy atom. The summed E-state index contributed by atoms with van der Waals surface area (Å²) in [5, 5.41) is 3.73. The van der Waals surface area contributed by atoms with Crippen molar-refractivity contribution in [3.63, 3.8) is 0 Å². The molecule has 0 bridgehead atoms. The number of rotatable bonds is 4. The van der Waals surface area contributed by atoms with Crippen LogP contribution in [-0.2, 0) is 10.8 Å². The summed E-state index contributed by atoms with van der Waals surface area (Å²) < 4.78 is 11.5. The van der Waals surface area contributed by atoms with Crippen LogP contribution in [0.1, 0.15) is 46.5 Å². The zero-order valence-electron chi connectivity index (χ0n) is 12.7. The molecule has 2 saturated heterocycles. The predicted octanol–water partition coefficient (Wildman–Crippen LogP) is 2.00. The summed E-state index contributed by atoms with van der Waals surface area (Å²) in [6, 6.07) is 2.01. The maximum Gasteiger partial charge on any atom is 0.0249 e. The van der Waals surface area contributed by atoms with Crippen molar-refractivity contribution in [1.82, 2.24) is 10.2 Å². The smallest absolute Gasteiger partial charge is 0.0249 e. The first-order valence-electron chi connectivity index (χ1n) is 7.94. The lowest BCUT2D eigenvalue weighted by Gasteiger charge is -2.46. The van der Waals surface area contributed by atoms with Gasteiger partial charge in [0, 0.05) is 53.5 Å². The van der Waals surface area contributed by atoms with E-state index in [-0.39, 0.29) is 0 Å². The average Bonchev–Trinajstić information content (AvgIpc) is 2.39. The molecule has 19 heavy (non-hydrogen) atoms. The van der Waals surface area contributed by atoms with Crippen LogP contribution in [0.5, 0.6) is 0 Å². The minimum absolute atomic E-state index is 0.539. The van der Waals surface area contributed by atoms with E-state index >= 15 is 0 Å². The second kappa shape index (κ2) is 7.19. The molecule has 2 unspecified atom stereocenters. The van der Waals surface area contributed by atoms with Crippen molar-refractivity contribution in [2.24, 2.45) is 5.92 Å². The molecule has 2 aliphatic heterocycles. The fourth-order valence-electron chi connectivity index (χ4n) is 3.55. The number of piperazine rings is 1. The number of hydrogen-bond donors (Lipinski definition) is 1. The molecule has 0 aromatic rings. The van der Waals surface area contributed by atoms with Crippen LogP contribution in [0.15, 0.2) is 0 Å². The topological polar surface area (TPSA) is 32.3 Å². The number of hydrogen-bond acceptors (Lipinski definition) is 3. The molecule has 0 aromatic heterocycles. The van der Waals surface area contributed by atoms with Crippen molar-refractivity contribution in [3.8, 4) is 0 Å². The van der Waals surface area contributed by atoms with E-state index in [1.165, 1.54) is 19.4 Å². The van der Waals surface area contributed by atoms with Gasteiger partial charge >= 0.3 is 0 Å². The number of nitrogens with zero attached hydrogens (tertiary/aromatic N) is 1. The van der Waals surface area contributed by atoms with Crippen LogP contribution in [0.4, 0.5) is 0 Å². The highest BCUT2D eigenvalue weighted by molar-refractivity contribution is 7.85. The van der Waals surface area contributed by atoms with Crippen molar-refractivity contribution in [3.05, 3.63) is 0 Å². The summed E-state index contributed by atoms with van der Waals surface area (Å²) in [5.74, 6) is 2.59. The lowest BCUT2D eigenvalue weighted by molar-refractivity contribution is 0.0685. The Morgan fingerprint density at radius 1 is 1.32 bits per heavy atom. The van der Waals surface area contributed by atoms with Gasteiger partial charge in [0.25, 0.3) is 0 Å². The van der Waals surface area contributed by atoms with Gasteiger partial charge in [-0.15, -0.1) is 0 Å². The van der Waals surface area contributed by atoms with Crippen LogP contribution in [0.3, 0.4) is 0 Å². The molecule has 2 heterocycles. The van der Waals surface area contributed by atoms with Gasteiger partial charge in [-0.3, -0.25) is 9.11 Å². The molecule has 0 amide bonds. The molecule has 2 atom stereocenters. The van der Waals surface area contributed by atoms with Crippen LogP contribution in [0.2, 0.25) is 0 Å². The molecule has 0 spiro atoms. The Hall–Kier alpha value is 0.0700. The van der Waals surface area contributed by atoms with E-state index in [1.54, 1.807) is 0 Å². The van der Waals surface area contributed by atoms with Gasteiger partial charge in [-0.1, -0.05) is 20.8 Å². The zero-order chi connectivity index (χ0) is 13.8. The Labute approximate surface area is 121 Å². The third-order valence-corrected chi connectivity index (χ3v) is 5.98. The van der Waals surface area contributed by atoms with E-state index in [4.69, 9.17) is 0 Å². The maximum absolute atomic E-state index is 11.5. The molecular weight excluding hydrogens is 256 g/mol. The lowest BCUT2D eigenvalue weighted by atomic mass is 9.96. The summed E-state index contributed by atoms with van der Waals surface area (Å²) in [5.41, 5.74) is 0. The Bertz CT molecular complexity index is 299. The standard InChI is InChI=1S/C15H30N2OS/c1-4-14-10-16-13(9-12(2)3)11-17(14)15-5-7-19(18)8-6-15/h12-16H,4-11H2,1-3H3. The van der Waals surface area contributed by atoms with Crippen LogP contribution in [0.25, 0.3) is 0 Å². The molecule has 2 fully saturated rings. The molecule has 0 radical (unpaired) electrons. The Kier molecular flexibility index (Phi) is 5.85. The highest BCUT2D eigenvalue weighted by Gasteiger charge is 2.33. The predicted molar refractivity (Wildman–Crippen MR) is 82.9 cm³/mol. The van der Waals surface area contributed by atoms with Crippen LogP contribution in [-0.4, -0.2) is 51.8 Å². The van der Waals surface area contributed by atoms with Crippen LogP contribution >= 0.6 is 0 Å². The first-order valence-corrected chi connectivity index (χ1v) is 9.43. The van der Waals surface area contributed by atoms with Crippen LogP contribution < -0.4 is 5.32 Å². The normalized spacial score (nSPS) is 37.7. The van der Waals surface area contributed by atoms with E-state index in [0.717, 1.165) is 36.8 Å². The minimum Gasteiger partial charge on any atom is -0.311 e. The van der Waals surface area contributed by atoms with Gasteiger partial charge in [0.15, 0.2) is 0 Å². The summed E-state index contributed by atoms with van der Waals surface area (Å²) in [6.07, 6.45) is 4.77. The molecular formula is C15H30N2OS. The summed E-state index contributed by atoms with van der Waals surface area (Å²) in [4.78, 5) is 2.74. The van der Waals surface area contributed by atoms with E-state index in [9.17, 15) is 4.21 Å². The molecule has 3 nitrogen and oxygen atoms in total. The second-order valence-electron chi connectivity index (χ2n) is 6.57. The Balaban J connectivity index is 1.95. The summed E-state index contributed by atoms with van der Waals surface area (Å²) in [7, 11) is -0.539. The van der Waals surface area contributed by atoms with Gasteiger partial charge in [0.1, 0.15) is 0 Å². The third kappa shape index (κ3) is 4.27. The van der Waals surface area contributed by atoms with Gasteiger partial charge in [0.2, 0.25) is 0 Å². The fourth-order valence-corrected chi connectivity index (χ4v) is 4.83. The maximum atomic E-state index is 11.5. The van der Waals surface area contributed by atoms with Gasteiger partial charge in [-0.25, -0.2) is 0 Å². The first-order chi connectivity index (χ1) is 9.10. The quantitative estimate of drug-likeness (QED) is 0.858. The fraction of sp³-hybridized carbons (Fsp3) is 1.00. The first kappa shape index (κ1) is 15.5. The average molecular weight is 286 g/mol. The van der Waals surface area contributed by atoms with Crippen molar-refractivity contribution < 1.29 is 4.21 Å². The Morgan fingerprint density at radius 2 is 2.00 bits per heavy atom. The summed E-state index contributed by atoms with van der Waals surface area (Å²) >= 11 is 0. The van der Waals surface area contributed by atoms with E-state index in [0.29, 0.717) is 18.1 Å². The molecule has 2 aliphatic rings. The van der Waals surface area contributed by atoms with Gasteiger partial charge in [0.05, 0.1) is 0 Å². The number of nitrogens with one attached hydrogen (secondary N) is 1. The molecule has 0 saturated carbocycles. The lowest BCUT2D eigenvalue weighted by Crippen LogP contribution is -2.60. The molecule has 2 rings (SSSR count). The highest BCUT2D eigenvalue weighted by atomic mass is 32.2. The van der Waals surface area contributed by atoms with Crippen molar-refractivity contribution in [2.45, 2.75) is 64.6 Å². The van der Waals surface area contributed by atoms with E-state index in [2.05, 4.69) is 31.0 Å². The monoisotopic (exact) mass is 286 g/mol. The van der Waals surface area contributed by atoms with Crippen molar-refractivity contribution >= 4 is 10.8 Å². The molecule has 112 valence electrons. The third-order valence-electron chi connectivity index (χ3n) is 4.60. The van der Waals surface area contributed by atoms with E-state index in [1.807, 2.05) is 0 Å². The van der Waals surface area contributed by atoms with E-state index < -0.39 is 10.8 Å². The van der Waals surface area contributed by atoms with Gasteiger partial charge < -0.3 is 5.32 Å². The van der Waals surface area contributed by atoms with Crippen molar-refractivity contribution in [2.75, 3.05) is 24.6 Å². The highest BCUT2D eigenvalue weighted by Crippen LogP contribution is 2.23. The summed E-state index contributed by atoms with van der Waals surface area (Å²) in [6.45, 7) is 9.23. The molecule has 0 aliphatic carbocycles. The minimum atomic E-state index is -0.539. The van der Waals surface area contributed by atoms with Gasteiger partial charge in [-0.2, -0.15) is 0 Å². The largest absolute Gasteiger partial charge is 0.311 e. The molecule has 1 N–H and O–H groups in total. The SMILES string of the molecule is CCC1CNC(CC(C)C)CN1C1CCS(=O)CC1. The second-order valence-corrected chi connectivity index (χ2v) is 8.27. The molecule has 0 aromatic carbocycles. The van der Waals surface area contributed by atoms with Crippen molar-refractivity contribution in [1.29, 1.82) is 0 Å². The van der Waals surface area contributed by atoms with Crippen LogP contribution in [0, 0.1) is 5.92 Å². The molecule has 4 heteroatoms. The van der Waals surface area contributed by atoms with Gasteiger partial charge in [-0.05, 0) is 31.6 Å².